The van der Waals surface area contributed by atoms with Crippen molar-refractivity contribution >= 4 is 28.7 Å². The van der Waals surface area contributed by atoms with Crippen LogP contribution in [0, 0.1) is 5.92 Å². The molecule has 11 nitrogen and oxygen atoms in total. The number of carbonyl (C=O) groups is 2. The van der Waals surface area contributed by atoms with E-state index in [1.807, 2.05) is 23.1 Å². The second-order valence-corrected chi connectivity index (χ2v) is 11.3. The van der Waals surface area contributed by atoms with Crippen LogP contribution in [0.4, 0.5) is 5.82 Å². The average molecular weight is 563 g/mol. The number of aromatic nitrogens is 3. The molecule has 1 amide bonds. The average Bonchev–Trinajstić information content (AvgIpc) is 3.30. The van der Waals surface area contributed by atoms with Crippen LogP contribution in [0.2, 0.25) is 0 Å². The van der Waals surface area contributed by atoms with Crippen LogP contribution in [0.5, 0.6) is 5.88 Å². The van der Waals surface area contributed by atoms with Crippen LogP contribution < -0.4 is 9.64 Å². The predicted octanol–water partition coefficient (Wildman–Crippen LogP) is 2.88. The van der Waals surface area contributed by atoms with Gasteiger partial charge in [0.2, 0.25) is 11.8 Å². The SMILES string of the molecule is CC(=O)N1CCC(COc2cccc(N3CCN(Cc4nc5ccc(C(=O)O)cc5n4CC4CCO4)CC3)n2)CC1. The summed E-state index contributed by atoms with van der Waals surface area (Å²) in [5.74, 6) is 2.16. The van der Waals surface area contributed by atoms with Crippen LogP contribution in [0.25, 0.3) is 11.0 Å². The third kappa shape index (κ3) is 6.31. The molecule has 2 aromatic heterocycles. The molecule has 3 fully saturated rings. The summed E-state index contributed by atoms with van der Waals surface area (Å²) in [6, 6.07) is 11.1. The van der Waals surface area contributed by atoms with Gasteiger partial charge in [-0.05, 0) is 49.4 Å². The van der Waals surface area contributed by atoms with Crippen LogP contribution in [0.3, 0.4) is 0 Å². The third-order valence-electron chi connectivity index (χ3n) is 8.55. The monoisotopic (exact) mass is 562 g/mol. The number of benzene rings is 1. The molecule has 6 rings (SSSR count). The molecule has 0 radical (unpaired) electrons. The van der Waals surface area contributed by atoms with Gasteiger partial charge in [-0.15, -0.1) is 0 Å². The van der Waals surface area contributed by atoms with Crippen LogP contribution in [0.1, 0.15) is 42.4 Å². The molecule has 1 unspecified atom stereocenters. The quantitative estimate of drug-likeness (QED) is 0.421. The minimum Gasteiger partial charge on any atom is -0.478 e. The van der Waals surface area contributed by atoms with Crippen molar-refractivity contribution in [2.75, 3.05) is 57.4 Å². The van der Waals surface area contributed by atoms with Crippen molar-refractivity contribution in [2.45, 2.75) is 45.4 Å². The Labute approximate surface area is 239 Å². The van der Waals surface area contributed by atoms with Crippen molar-refractivity contribution in [1.29, 1.82) is 0 Å². The van der Waals surface area contributed by atoms with Gasteiger partial charge in [-0.3, -0.25) is 9.69 Å². The fraction of sp³-hybridized carbons (Fsp3) is 0.533. The fourth-order valence-corrected chi connectivity index (χ4v) is 5.88. The number of hydrogen-bond donors (Lipinski definition) is 1. The fourth-order valence-electron chi connectivity index (χ4n) is 5.88. The molecule has 1 N–H and O–H groups in total. The molecular weight excluding hydrogens is 524 g/mol. The number of fused-ring (bicyclic) bond motifs is 1. The normalized spacial score (nSPS) is 20.3. The summed E-state index contributed by atoms with van der Waals surface area (Å²) >= 11 is 0. The van der Waals surface area contributed by atoms with Gasteiger partial charge in [0.25, 0.3) is 0 Å². The van der Waals surface area contributed by atoms with Crippen LogP contribution >= 0.6 is 0 Å². The molecule has 218 valence electrons. The van der Waals surface area contributed by atoms with Crippen molar-refractivity contribution in [1.82, 2.24) is 24.3 Å². The lowest BCUT2D eigenvalue weighted by atomic mass is 9.98. The van der Waals surface area contributed by atoms with E-state index >= 15 is 0 Å². The molecule has 0 saturated carbocycles. The highest BCUT2D eigenvalue weighted by molar-refractivity contribution is 5.92. The molecule has 3 saturated heterocycles. The van der Waals surface area contributed by atoms with E-state index in [-0.39, 0.29) is 17.6 Å². The van der Waals surface area contributed by atoms with Gasteiger partial charge in [-0.1, -0.05) is 6.07 Å². The molecular formula is C30H38N6O5. The number of nitrogens with zero attached hydrogens (tertiary/aromatic N) is 6. The number of carboxylic acid groups (broad SMARTS) is 1. The van der Waals surface area contributed by atoms with Gasteiger partial charge in [0.15, 0.2) is 0 Å². The van der Waals surface area contributed by atoms with E-state index in [9.17, 15) is 14.7 Å². The standard InChI is InChI=1S/C30H38N6O5/c1-21(37)34-10-7-22(8-11-34)20-41-29-4-2-3-27(32-29)35-14-12-33(13-15-35)19-28-31-25-6-5-23(30(38)39)17-26(25)36(28)18-24-9-16-40-24/h2-6,17,22,24H,7-16,18-20H2,1H3,(H,38,39). The molecule has 11 heteroatoms. The number of likely N-dealkylation sites (tertiary alicyclic amines) is 1. The first-order valence-corrected chi connectivity index (χ1v) is 14.6. The molecule has 0 bridgehead atoms. The van der Waals surface area contributed by atoms with Crippen molar-refractivity contribution in [3.05, 3.63) is 47.8 Å². The number of pyridine rings is 1. The number of anilines is 1. The number of aromatic carboxylic acids is 1. The number of amides is 1. The topological polar surface area (TPSA) is 113 Å². The summed E-state index contributed by atoms with van der Waals surface area (Å²) in [6.45, 7) is 9.42. The first-order valence-electron chi connectivity index (χ1n) is 14.6. The Hall–Kier alpha value is -3.70. The van der Waals surface area contributed by atoms with Gasteiger partial charge in [-0.25, -0.2) is 9.78 Å². The van der Waals surface area contributed by atoms with E-state index < -0.39 is 5.97 Å². The molecule has 3 aliphatic rings. The number of piperazine rings is 1. The van der Waals surface area contributed by atoms with Gasteiger partial charge in [0.05, 0.1) is 42.4 Å². The van der Waals surface area contributed by atoms with E-state index in [1.165, 1.54) is 0 Å². The van der Waals surface area contributed by atoms with E-state index in [0.717, 1.165) is 87.8 Å². The van der Waals surface area contributed by atoms with E-state index in [0.29, 0.717) is 31.5 Å². The summed E-state index contributed by atoms with van der Waals surface area (Å²) < 4.78 is 13.9. The molecule has 41 heavy (non-hydrogen) atoms. The van der Waals surface area contributed by atoms with Gasteiger partial charge in [-0.2, -0.15) is 4.98 Å². The smallest absolute Gasteiger partial charge is 0.335 e. The van der Waals surface area contributed by atoms with Crippen molar-refractivity contribution < 1.29 is 24.2 Å². The van der Waals surface area contributed by atoms with Gasteiger partial charge < -0.3 is 28.9 Å². The number of ether oxygens (including phenoxy) is 2. The minimum atomic E-state index is -0.935. The summed E-state index contributed by atoms with van der Waals surface area (Å²) in [4.78, 5) is 39.4. The summed E-state index contributed by atoms with van der Waals surface area (Å²) in [7, 11) is 0. The zero-order valence-electron chi connectivity index (χ0n) is 23.6. The highest BCUT2D eigenvalue weighted by Crippen LogP contribution is 2.25. The van der Waals surface area contributed by atoms with Crippen molar-refractivity contribution in [3.8, 4) is 5.88 Å². The molecule has 0 aliphatic carbocycles. The Morgan fingerprint density at radius 3 is 2.49 bits per heavy atom. The number of imidazole rings is 1. The first kappa shape index (κ1) is 27.5. The zero-order valence-corrected chi connectivity index (χ0v) is 23.6. The largest absolute Gasteiger partial charge is 0.478 e. The predicted molar refractivity (Wildman–Crippen MR) is 153 cm³/mol. The Morgan fingerprint density at radius 2 is 1.80 bits per heavy atom. The molecule has 0 spiro atoms. The zero-order chi connectivity index (χ0) is 28.3. The summed E-state index contributed by atoms with van der Waals surface area (Å²) in [5.41, 5.74) is 1.93. The molecule has 1 aromatic carbocycles. The maximum atomic E-state index is 11.6. The lowest BCUT2D eigenvalue weighted by Gasteiger charge is -2.35. The highest BCUT2D eigenvalue weighted by atomic mass is 16.5. The van der Waals surface area contributed by atoms with Gasteiger partial charge >= 0.3 is 5.97 Å². The van der Waals surface area contributed by atoms with E-state index in [4.69, 9.17) is 19.4 Å². The Bertz CT molecular complexity index is 1390. The molecule has 3 aliphatic heterocycles. The Kier molecular flexibility index (Phi) is 8.06. The number of carboxylic acids is 1. The second kappa shape index (κ2) is 12.0. The maximum Gasteiger partial charge on any atom is 0.335 e. The van der Waals surface area contributed by atoms with Crippen LogP contribution in [-0.4, -0.2) is 99.9 Å². The second-order valence-electron chi connectivity index (χ2n) is 11.3. The van der Waals surface area contributed by atoms with E-state index in [2.05, 4.69) is 14.4 Å². The molecule has 1 atom stereocenters. The highest BCUT2D eigenvalue weighted by Gasteiger charge is 2.25. The van der Waals surface area contributed by atoms with Crippen LogP contribution in [-0.2, 0) is 22.6 Å². The van der Waals surface area contributed by atoms with Gasteiger partial charge in [0, 0.05) is 58.9 Å². The van der Waals surface area contributed by atoms with E-state index in [1.54, 1.807) is 25.1 Å². The van der Waals surface area contributed by atoms with Gasteiger partial charge in [0.1, 0.15) is 11.6 Å². The number of piperidine rings is 1. The number of hydrogen-bond acceptors (Lipinski definition) is 8. The molecule has 5 heterocycles. The maximum absolute atomic E-state index is 11.6. The lowest BCUT2D eigenvalue weighted by molar-refractivity contribution is -0.130. The Morgan fingerprint density at radius 1 is 1.02 bits per heavy atom. The third-order valence-corrected chi connectivity index (χ3v) is 8.55. The number of rotatable bonds is 9. The lowest BCUT2D eigenvalue weighted by Crippen LogP contribution is -2.46. The van der Waals surface area contributed by atoms with Crippen molar-refractivity contribution in [3.63, 3.8) is 0 Å². The first-order chi connectivity index (χ1) is 19.9. The molecule has 3 aromatic rings. The summed E-state index contributed by atoms with van der Waals surface area (Å²) in [5, 5.41) is 9.50. The number of carbonyl (C=O) groups excluding carboxylic acids is 1. The summed E-state index contributed by atoms with van der Waals surface area (Å²) in [6.07, 6.45) is 3.07. The van der Waals surface area contributed by atoms with Crippen LogP contribution in [0.15, 0.2) is 36.4 Å². The van der Waals surface area contributed by atoms with Crippen molar-refractivity contribution in [2.24, 2.45) is 5.92 Å². The Balaban J connectivity index is 1.06. The minimum absolute atomic E-state index is 0.144.